The van der Waals surface area contributed by atoms with Crippen molar-refractivity contribution in [3.63, 3.8) is 0 Å². The van der Waals surface area contributed by atoms with Crippen LogP contribution in [-0.4, -0.2) is 28.9 Å². The fraction of sp³-hybridized carbons (Fsp3) is 0.417. The topological polar surface area (TPSA) is 35.8 Å². The molecule has 0 aromatic heterocycles. The van der Waals surface area contributed by atoms with E-state index in [1.165, 1.54) is 0 Å². The molecule has 0 saturated carbocycles. The summed E-state index contributed by atoms with van der Waals surface area (Å²) in [5.41, 5.74) is 2.04. The van der Waals surface area contributed by atoms with E-state index in [-0.39, 0.29) is 0 Å². The molecule has 1 saturated heterocycles. The molecule has 0 aliphatic carbocycles. The molecule has 0 atom stereocenters. The van der Waals surface area contributed by atoms with Gasteiger partial charge >= 0.3 is 0 Å². The fourth-order valence-corrected chi connectivity index (χ4v) is 2.29. The zero-order valence-corrected chi connectivity index (χ0v) is 10.9. The summed E-state index contributed by atoms with van der Waals surface area (Å²) in [6, 6.07) is 5.72. The molecule has 1 aliphatic rings. The molecule has 0 spiro atoms. The Morgan fingerprint density at radius 2 is 1.88 bits per heavy atom. The zero-order valence-electron chi connectivity index (χ0n) is 9.37. The fourth-order valence-electron chi connectivity index (χ4n) is 1.97. The Morgan fingerprint density at radius 3 is 2.47 bits per heavy atom. The van der Waals surface area contributed by atoms with Crippen molar-refractivity contribution in [3.8, 4) is 0 Å². The van der Waals surface area contributed by atoms with Gasteiger partial charge in [-0.15, -0.1) is 0 Å². The Bertz CT molecular complexity index is 425. The minimum absolute atomic E-state index is 0.587. The first-order valence-corrected chi connectivity index (χ1v) is 6.30. The van der Waals surface area contributed by atoms with Crippen molar-refractivity contribution in [2.75, 3.05) is 13.1 Å². The molecule has 1 fully saturated rings. The van der Waals surface area contributed by atoms with E-state index in [0.717, 1.165) is 43.8 Å². The molecule has 0 unspecified atom stereocenters. The Labute approximate surface area is 111 Å². The molecule has 0 radical (unpaired) electrons. The standard InChI is InChI=1S/C12H14Cl2N2O/c13-11-2-1-9(7-12(11)14)8-16-5-3-10(15-17)4-6-16/h1-2,7,17H,3-6,8H2. The minimum atomic E-state index is 0.587. The summed E-state index contributed by atoms with van der Waals surface area (Å²) in [5, 5.41) is 13.1. The van der Waals surface area contributed by atoms with Gasteiger partial charge in [-0.3, -0.25) is 4.90 Å². The van der Waals surface area contributed by atoms with Crippen LogP contribution in [0.5, 0.6) is 0 Å². The van der Waals surface area contributed by atoms with Crippen LogP contribution in [0.25, 0.3) is 0 Å². The predicted octanol–water partition coefficient (Wildman–Crippen LogP) is 3.42. The molecular weight excluding hydrogens is 259 g/mol. The third-order valence-electron chi connectivity index (χ3n) is 2.96. The second-order valence-corrected chi connectivity index (χ2v) is 5.01. The Kier molecular flexibility index (Phi) is 4.26. The van der Waals surface area contributed by atoms with E-state index in [0.29, 0.717) is 10.0 Å². The lowest BCUT2D eigenvalue weighted by molar-refractivity contribution is 0.256. The highest BCUT2D eigenvalue weighted by Crippen LogP contribution is 2.23. The largest absolute Gasteiger partial charge is 0.411 e. The normalized spacial score (nSPS) is 17.2. The third kappa shape index (κ3) is 3.35. The molecule has 1 heterocycles. The van der Waals surface area contributed by atoms with E-state index in [1.54, 1.807) is 0 Å². The number of nitrogens with zero attached hydrogens (tertiary/aromatic N) is 2. The summed E-state index contributed by atoms with van der Waals surface area (Å²) in [5.74, 6) is 0. The molecule has 1 aromatic carbocycles. The molecule has 2 rings (SSSR count). The lowest BCUT2D eigenvalue weighted by Gasteiger charge is -2.27. The summed E-state index contributed by atoms with van der Waals surface area (Å²) in [4.78, 5) is 2.31. The van der Waals surface area contributed by atoms with Crippen molar-refractivity contribution in [2.45, 2.75) is 19.4 Å². The van der Waals surface area contributed by atoms with Crippen LogP contribution in [0.2, 0.25) is 10.0 Å². The maximum Gasteiger partial charge on any atom is 0.0596 e. The Hall–Kier alpha value is -0.770. The van der Waals surface area contributed by atoms with Crippen LogP contribution in [0.3, 0.4) is 0 Å². The van der Waals surface area contributed by atoms with Crippen molar-refractivity contribution < 1.29 is 5.21 Å². The van der Waals surface area contributed by atoms with Crippen molar-refractivity contribution in [1.29, 1.82) is 0 Å². The van der Waals surface area contributed by atoms with Crippen molar-refractivity contribution in [1.82, 2.24) is 4.90 Å². The highest BCUT2D eigenvalue weighted by molar-refractivity contribution is 6.42. The predicted molar refractivity (Wildman–Crippen MR) is 70.2 cm³/mol. The van der Waals surface area contributed by atoms with Gasteiger partial charge in [0.15, 0.2) is 0 Å². The first kappa shape index (κ1) is 12.7. The average Bonchev–Trinajstić information content (AvgIpc) is 2.35. The molecule has 0 bridgehead atoms. The van der Waals surface area contributed by atoms with E-state index in [2.05, 4.69) is 10.1 Å². The van der Waals surface area contributed by atoms with Crippen molar-refractivity contribution >= 4 is 28.9 Å². The Balaban J connectivity index is 1.95. The number of hydrogen-bond acceptors (Lipinski definition) is 3. The van der Waals surface area contributed by atoms with Crippen molar-refractivity contribution in [3.05, 3.63) is 33.8 Å². The molecule has 1 aliphatic heterocycles. The number of oxime groups is 1. The van der Waals surface area contributed by atoms with Gasteiger partial charge in [0.2, 0.25) is 0 Å². The van der Waals surface area contributed by atoms with E-state index in [9.17, 15) is 0 Å². The van der Waals surface area contributed by atoms with Gasteiger partial charge in [-0.1, -0.05) is 34.4 Å². The average molecular weight is 273 g/mol. The van der Waals surface area contributed by atoms with Crippen LogP contribution in [0.1, 0.15) is 18.4 Å². The monoisotopic (exact) mass is 272 g/mol. The highest BCUT2D eigenvalue weighted by Gasteiger charge is 2.15. The summed E-state index contributed by atoms with van der Waals surface area (Å²) in [7, 11) is 0. The van der Waals surface area contributed by atoms with E-state index >= 15 is 0 Å². The van der Waals surface area contributed by atoms with Gasteiger partial charge in [0.1, 0.15) is 0 Å². The maximum absolute atomic E-state index is 8.67. The molecule has 17 heavy (non-hydrogen) atoms. The van der Waals surface area contributed by atoms with Gasteiger partial charge in [-0.05, 0) is 17.7 Å². The van der Waals surface area contributed by atoms with Crippen LogP contribution in [0, 0.1) is 0 Å². The van der Waals surface area contributed by atoms with E-state index in [4.69, 9.17) is 28.4 Å². The number of hydrogen-bond donors (Lipinski definition) is 1. The van der Waals surface area contributed by atoms with E-state index < -0.39 is 0 Å². The van der Waals surface area contributed by atoms with Crippen LogP contribution >= 0.6 is 23.2 Å². The molecule has 92 valence electrons. The molecule has 3 nitrogen and oxygen atoms in total. The minimum Gasteiger partial charge on any atom is -0.411 e. The zero-order chi connectivity index (χ0) is 12.3. The molecule has 0 amide bonds. The van der Waals surface area contributed by atoms with Crippen LogP contribution in [0.15, 0.2) is 23.4 Å². The summed E-state index contributed by atoms with van der Waals surface area (Å²) in [6.07, 6.45) is 1.66. The maximum atomic E-state index is 8.67. The lowest BCUT2D eigenvalue weighted by atomic mass is 10.1. The van der Waals surface area contributed by atoms with Gasteiger partial charge in [0.05, 0.1) is 15.8 Å². The first-order chi connectivity index (χ1) is 8.19. The molecule has 5 heteroatoms. The summed E-state index contributed by atoms with van der Waals surface area (Å²) < 4.78 is 0. The third-order valence-corrected chi connectivity index (χ3v) is 3.70. The smallest absolute Gasteiger partial charge is 0.0596 e. The lowest BCUT2D eigenvalue weighted by Crippen LogP contribution is -2.33. The quantitative estimate of drug-likeness (QED) is 0.662. The molecular formula is C12H14Cl2N2O. The second-order valence-electron chi connectivity index (χ2n) is 4.19. The second kappa shape index (κ2) is 5.71. The number of likely N-dealkylation sites (tertiary alicyclic amines) is 1. The highest BCUT2D eigenvalue weighted by atomic mass is 35.5. The molecule has 1 aromatic rings. The van der Waals surface area contributed by atoms with Gasteiger partial charge < -0.3 is 5.21 Å². The number of piperidine rings is 1. The van der Waals surface area contributed by atoms with E-state index in [1.807, 2.05) is 18.2 Å². The van der Waals surface area contributed by atoms with Gasteiger partial charge in [0.25, 0.3) is 0 Å². The van der Waals surface area contributed by atoms with Gasteiger partial charge in [-0.25, -0.2) is 0 Å². The summed E-state index contributed by atoms with van der Waals surface area (Å²) >= 11 is 11.8. The van der Waals surface area contributed by atoms with Crippen molar-refractivity contribution in [2.24, 2.45) is 5.16 Å². The molecule has 1 N–H and O–H groups in total. The van der Waals surface area contributed by atoms with Gasteiger partial charge in [0, 0.05) is 32.5 Å². The number of rotatable bonds is 2. The summed E-state index contributed by atoms with van der Waals surface area (Å²) in [6.45, 7) is 2.69. The van der Waals surface area contributed by atoms with Gasteiger partial charge in [-0.2, -0.15) is 0 Å². The number of benzene rings is 1. The first-order valence-electron chi connectivity index (χ1n) is 5.55. The SMILES string of the molecule is ON=C1CCN(Cc2ccc(Cl)c(Cl)c2)CC1. The Morgan fingerprint density at radius 1 is 1.18 bits per heavy atom. The van der Waals surface area contributed by atoms with Crippen LogP contribution in [-0.2, 0) is 6.54 Å². The van der Waals surface area contributed by atoms with Crippen LogP contribution < -0.4 is 0 Å². The number of halogens is 2. The van der Waals surface area contributed by atoms with Crippen LogP contribution in [0.4, 0.5) is 0 Å².